The first-order valence-electron chi connectivity index (χ1n) is 5.50. The van der Waals surface area contributed by atoms with E-state index in [4.69, 9.17) is 20.9 Å². The third-order valence-electron chi connectivity index (χ3n) is 2.60. The predicted octanol–water partition coefficient (Wildman–Crippen LogP) is 3.34. The topological polar surface area (TPSA) is 52.3 Å². The lowest BCUT2D eigenvalue weighted by molar-refractivity contribution is 0.0599. The number of esters is 1. The van der Waals surface area contributed by atoms with Crippen LogP contribution in [-0.4, -0.2) is 18.2 Å². The van der Waals surface area contributed by atoms with E-state index < -0.39 is 5.97 Å². The first-order valence-corrected chi connectivity index (χ1v) is 5.88. The Morgan fingerprint density at radius 2 is 2.17 bits per heavy atom. The molecule has 18 heavy (non-hydrogen) atoms. The second-order valence-electron chi connectivity index (χ2n) is 3.65. The molecule has 0 bridgehead atoms. The molecular weight excluding hydrogens is 254 g/mol. The van der Waals surface area contributed by atoms with Gasteiger partial charge in [0, 0.05) is 12.0 Å². The zero-order chi connectivity index (χ0) is 13.1. The van der Waals surface area contributed by atoms with Gasteiger partial charge in [0.2, 0.25) is 0 Å². The summed E-state index contributed by atoms with van der Waals surface area (Å²) in [7, 11) is 1.32. The lowest BCUT2D eigenvalue weighted by Crippen LogP contribution is -2.04. The molecule has 0 spiro atoms. The molecule has 0 aliphatic rings. The highest BCUT2D eigenvalue weighted by Crippen LogP contribution is 2.31. The monoisotopic (exact) mass is 265 g/mol. The predicted molar refractivity (Wildman–Crippen MR) is 67.7 cm³/mol. The third-order valence-corrected chi connectivity index (χ3v) is 2.93. The summed E-state index contributed by atoms with van der Waals surface area (Å²) in [6.45, 7) is 1.88. The van der Waals surface area contributed by atoms with Gasteiger partial charge in [-0.05, 0) is 6.07 Å². The van der Waals surface area contributed by atoms with Crippen LogP contribution in [0.5, 0.6) is 0 Å². The van der Waals surface area contributed by atoms with Crippen LogP contribution >= 0.6 is 11.6 Å². The number of carbonyl (C=O) groups is 1. The Labute approximate surface area is 109 Å². The van der Waals surface area contributed by atoms with Crippen LogP contribution in [-0.2, 0) is 11.2 Å². The largest absolute Gasteiger partial charge is 0.465 e. The van der Waals surface area contributed by atoms with Crippen molar-refractivity contribution in [2.45, 2.75) is 13.3 Å². The fraction of sp³-hybridized carbons (Fsp3) is 0.231. The number of hydrogen-bond acceptors (Lipinski definition) is 4. The number of methoxy groups -OCH3 is 1. The van der Waals surface area contributed by atoms with Crippen molar-refractivity contribution in [1.29, 1.82) is 0 Å². The summed E-state index contributed by atoms with van der Waals surface area (Å²) in [6, 6.07) is 7.15. The minimum absolute atomic E-state index is 0.341. The number of aryl methyl sites for hydroxylation is 1. The van der Waals surface area contributed by atoms with Crippen LogP contribution in [0, 0.1) is 0 Å². The molecule has 5 heteroatoms. The minimum atomic E-state index is -0.469. The highest BCUT2D eigenvalue weighted by Gasteiger charge is 2.24. The van der Waals surface area contributed by atoms with Crippen molar-refractivity contribution in [3.05, 3.63) is 40.6 Å². The van der Waals surface area contributed by atoms with Crippen LogP contribution in [0.15, 0.2) is 28.8 Å². The number of rotatable bonds is 3. The smallest absolute Gasteiger partial charge is 0.343 e. The van der Waals surface area contributed by atoms with Crippen LogP contribution in [0.25, 0.3) is 11.3 Å². The Hall–Kier alpha value is -1.81. The fourth-order valence-electron chi connectivity index (χ4n) is 1.72. The Morgan fingerprint density at radius 3 is 2.78 bits per heavy atom. The number of benzene rings is 1. The zero-order valence-electron chi connectivity index (χ0n) is 10.1. The highest BCUT2D eigenvalue weighted by atomic mass is 35.5. The molecule has 0 N–H and O–H groups in total. The van der Waals surface area contributed by atoms with Crippen LogP contribution in [0.1, 0.15) is 23.0 Å². The molecule has 4 nitrogen and oxygen atoms in total. The summed E-state index contributed by atoms with van der Waals surface area (Å²) in [4.78, 5) is 11.8. The Balaban J connectivity index is 2.62. The SMILES string of the molecule is CCc1onc(-c2ccccc2Cl)c1C(=O)OC. The summed E-state index contributed by atoms with van der Waals surface area (Å²) in [5.41, 5.74) is 1.42. The van der Waals surface area contributed by atoms with E-state index in [2.05, 4.69) is 5.16 Å². The molecule has 0 aliphatic carbocycles. The van der Waals surface area contributed by atoms with Crippen LogP contribution < -0.4 is 0 Å². The average Bonchev–Trinajstić information content (AvgIpc) is 2.82. The number of carbonyl (C=O) groups excluding carboxylic acids is 1. The number of aromatic nitrogens is 1. The molecule has 0 unspecified atom stereocenters. The maximum Gasteiger partial charge on any atom is 0.343 e. The Morgan fingerprint density at radius 1 is 1.44 bits per heavy atom. The van der Waals surface area contributed by atoms with Crippen molar-refractivity contribution in [1.82, 2.24) is 5.16 Å². The van der Waals surface area contributed by atoms with Gasteiger partial charge >= 0.3 is 5.97 Å². The van der Waals surface area contributed by atoms with E-state index in [1.165, 1.54) is 7.11 Å². The van der Waals surface area contributed by atoms with E-state index in [1.54, 1.807) is 12.1 Å². The van der Waals surface area contributed by atoms with Gasteiger partial charge in [-0.15, -0.1) is 0 Å². The van der Waals surface area contributed by atoms with Gasteiger partial charge in [-0.3, -0.25) is 0 Å². The first-order chi connectivity index (χ1) is 8.69. The van der Waals surface area contributed by atoms with E-state index in [0.29, 0.717) is 34.0 Å². The van der Waals surface area contributed by atoms with E-state index in [9.17, 15) is 4.79 Å². The van der Waals surface area contributed by atoms with E-state index in [-0.39, 0.29) is 0 Å². The van der Waals surface area contributed by atoms with Gasteiger partial charge in [-0.1, -0.05) is 41.9 Å². The molecule has 2 aromatic rings. The lowest BCUT2D eigenvalue weighted by Gasteiger charge is -2.03. The number of halogens is 1. The molecule has 0 aliphatic heterocycles. The molecule has 0 saturated carbocycles. The molecule has 0 radical (unpaired) electrons. The molecule has 1 aromatic heterocycles. The van der Waals surface area contributed by atoms with Crippen molar-refractivity contribution in [3.63, 3.8) is 0 Å². The minimum Gasteiger partial charge on any atom is -0.465 e. The standard InChI is InChI=1S/C13H12ClNO3/c1-3-10-11(13(16)17-2)12(15-18-10)8-6-4-5-7-9(8)14/h4-7H,3H2,1-2H3. The lowest BCUT2D eigenvalue weighted by atomic mass is 10.1. The number of ether oxygens (including phenoxy) is 1. The Bertz CT molecular complexity index is 577. The maximum atomic E-state index is 11.8. The molecular formula is C13H12ClNO3. The van der Waals surface area contributed by atoms with Crippen molar-refractivity contribution >= 4 is 17.6 Å². The summed E-state index contributed by atoms with van der Waals surface area (Å²) in [6.07, 6.45) is 0.557. The third kappa shape index (κ3) is 2.11. The number of hydrogen-bond donors (Lipinski definition) is 0. The molecule has 1 heterocycles. The number of nitrogens with zero attached hydrogens (tertiary/aromatic N) is 1. The molecule has 0 fully saturated rings. The van der Waals surface area contributed by atoms with Gasteiger partial charge in [0.15, 0.2) is 5.76 Å². The van der Waals surface area contributed by atoms with E-state index >= 15 is 0 Å². The van der Waals surface area contributed by atoms with E-state index in [0.717, 1.165) is 0 Å². The summed E-state index contributed by atoms with van der Waals surface area (Å²) >= 11 is 6.10. The molecule has 1 aromatic carbocycles. The van der Waals surface area contributed by atoms with Gasteiger partial charge in [-0.25, -0.2) is 4.79 Å². The summed E-state index contributed by atoms with van der Waals surface area (Å²) in [5, 5.41) is 4.44. The van der Waals surface area contributed by atoms with Gasteiger partial charge in [0.05, 0.1) is 12.1 Å². The molecule has 0 amide bonds. The second-order valence-corrected chi connectivity index (χ2v) is 4.06. The molecule has 0 saturated heterocycles. The Kier molecular flexibility index (Phi) is 3.67. The molecule has 94 valence electrons. The zero-order valence-corrected chi connectivity index (χ0v) is 10.8. The van der Waals surface area contributed by atoms with Crippen LogP contribution in [0.2, 0.25) is 5.02 Å². The normalized spacial score (nSPS) is 10.4. The highest BCUT2D eigenvalue weighted by molar-refractivity contribution is 6.33. The van der Waals surface area contributed by atoms with Crippen LogP contribution in [0.4, 0.5) is 0 Å². The van der Waals surface area contributed by atoms with Crippen LogP contribution in [0.3, 0.4) is 0 Å². The van der Waals surface area contributed by atoms with Gasteiger partial charge in [0.1, 0.15) is 11.3 Å². The average molecular weight is 266 g/mol. The van der Waals surface area contributed by atoms with E-state index in [1.807, 2.05) is 19.1 Å². The van der Waals surface area contributed by atoms with Crippen molar-refractivity contribution < 1.29 is 14.1 Å². The first kappa shape index (κ1) is 12.6. The molecule has 0 atom stereocenters. The summed E-state index contributed by atoms with van der Waals surface area (Å²) in [5.74, 6) is 0.0276. The summed E-state index contributed by atoms with van der Waals surface area (Å²) < 4.78 is 9.92. The van der Waals surface area contributed by atoms with Crippen molar-refractivity contribution in [2.24, 2.45) is 0 Å². The second kappa shape index (κ2) is 5.23. The van der Waals surface area contributed by atoms with Gasteiger partial charge < -0.3 is 9.26 Å². The maximum absolute atomic E-state index is 11.8. The molecule has 2 rings (SSSR count). The van der Waals surface area contributed by atoms with Gasteiger partial charge in [-0.2, -0.15) is 0 Å². The fourth-order valence-corrected chi connectivity index (χ4v) is 1.94. The quantitative estimate of drug-likeness (QED) is 0.799. The van der Waals surface area contributed by atoms with Gasteiger partial charge in [0.25, 0.3) is 0 Å². The van der Waals surface area contributed by atoms with Crippen molar-refractivity contribution in [2.75, 3.05) is 7.11 Å². The van der Waals surface area contributed by atoms with Crippen molar-refractivity contribution in [3.8, 4) is 11.3 Å².